The Balaban J connectivity index is 2.52. The topological polar surface area (TPSA) is 35.5 Å². The van der Waals surface area contributed by atoms with Gasteiger partial charge in [-0.05, 0) is 12.8 Å². The van der Waals surface area contributed by atoms with Crippen molar-refractivity contribution in [3.05, 3.63) is 0 Å². The lowest BCUT2D eigenvalue weighted by Crippen LogP contribution is -2.32. The van der Waals surface area contributed by atoms with E-state index < -0.39 is 8.25 Å². The van der Waals surface area contributed by atoms with Crippen molar-refractivity contribution in [2.45, 2.75) is 26.7 Å². The van der Waals surface area contributed by atoms with Crippen molar-refractivity contribution >= 4 is 8.25 Å². The summed E-state index contributed by atoms with van der Waals surface area (Å²) in [6.07, 6.45) is 2.04. The minimum atomic E-state index is -1.81. The molecule has 0 aromatic heterocycles. The Hall–Kier alpha value is 0.0200. The van der Waals surface area contributed by atoms with Crippen molar-refractivity contribution in [2.75, 3.05) is 13.2 Å². The molecule has 0 unspecified atom stereocenters. The largest absolute Gasteiger partial charge is 0.697 e. The third-order valence-corrected chi connectivity index (χ3v) is 3.13. The summed E-state index contributed by atoms with van der Waals surface area (Å²) in [5.74, 6) is 0. The first-order valence-electron chi connectivity index (χ1n) is 3.95. The molecule has 0 aromatic rings. The van der Waals surface area contributed by atoms with Crippen molar-refractivity contribution in [2.24, 2.45) is 5.41 Å². The van der Waals surface area contributed by atoms with E-state index in [9.17, 15) is 4.57 Å². The minimum Gasteiger partial charge on any atom is -0.118 e. The molecule has 64 valence electrons. The molecule has 1 saturated heterocycles. The van der Waals surface area contributed by atoms with Crippen LogP contribution in [0.5, 0.6) is 0 Å². The first kappa shape index (κ1) is 9.11. The van der Waals surface area contributed by atoms with Gasteiger partial charge in [-0.3, -0.25) is 0 Å². The lowest BCUT2D eigenvalue weighted by Gasteiger charge is -2.28. The predicted molar refractivity (Wildman–Crippen MR) is 42.5 cm³/mol. The van der Waals surface area contributed by atoms with Gasteiger partial charge in [-0.25, -0.2) is 0 Å². The quantitative estimate of drug-likeness (QED) is 0.608. The number of hydrogen-bond acceptors (Lipinski definition) is 3. The predicted octanol–water partition coefficient (Wildman–Crippen LogP) is 2.50. The maximum Gasteiger partial charge on any atom is 0.697 e. The van der Waals surface area contributed by atoms with Crippen molar-refractivity contribution < 1.29 is 13.6 Å². The fraction of sp³-hybridized carbons (Fsp3) is 1.00. The second-order valence-corrected chi connectivity index (χ2v) is 3.94. The number of hydrogen-bond donors (Lipinski definition) is 0. The Morgan fingerprint density at radius 2 is 1.73 bits per heavy atom. The average Bonchev–Trinajstić information content (AvgIpc) is 2.07. The van der Waals surface area contributed by atoms with Gasteiger partial charge in [0.05, 0.1) is 0 Å². The second kappa shape index (κ2) is 3.61. The van der Waals surface area contributed by atoms with E-state index in [2.05, 4.69) is 13.8 Å². The minimum absolute atomic E-state index is 0.114. The smallest absolute Gasteiger partial charge is 0.118 e. The van der Waals surface area contributed by atoms with Crippen molar-refractivity contribution in [3.63, 3.8) is 0 Å². The van der Waals surface area contributed by atoms with E-state index in [1.807, 2.05) is 0 Å². The molecule has 1 rings (SSSR count). The van der Waals surface area contributed by atoms with E-state index in [1.54, 1.807) is 0 Å². The molecule has 3 nitrogen and oxygen atoms in total. The van der Waals surface area contributed by atoms with Crippen LogP contribution in [0, 0.1) is 5.41 Å². The van der Waals surface area contributed by atoms with Crippen LogP contribution >= 0.6 is 8.25 Å². The third kappa shape index (κ3) is 1.98. The van der Waals surface area contributed by atoms with Crippen LogP contribution < -0.4 is 0 Å². The molecule has 1 heterocycles. The van der Waals surface area contributed by atoms with Gasteiger partial charge < -0.3 is 0 Å². The molecular formula is C7H14O3P+. The summed E-state index contributed by atoms with van der Waals surface area (Å²) in [5, 5.41) is 0. The normalized spacial score (nSPS) is 23.6. The van der Waals surface area contributed by atoms with E-state index >= 15 is 0 Å². The fourth-order valence-electron chi connectivity index (χ4n) is 1.12. The summed E-state index contributed by atoms with van der Waals surface area (Å²) in [7, 11) is -1.81. The van der Waals surface area contributed by atoms with E-state index in [1.165, 1.54) is 0 Å². The monoisotopic (exact) mass is 177 g/mol. The summed E-state index contributed by atoms with van der Waals surface area (Å²) in [4.78, 5) is 0. The summed E-state index contributed by atoms with van der Waals surface area (Å²) in [6, 6.07) is 0. The molecule has 0 radical (unpaired) electrons. The molecule has 0 saturated carbocycles. The van der Waals surface area contributed by atoms with Gasteiger partial charge in [0.1, 0.15) is 13.2 Å². The lowest BCUT2D eigenvalue weighted by atomic mass is 9.84. The van der Waals surface area contributed by atoms with Gasteiger partial charge in [-0.2, -0.15) is 0 Å². The van der Waals surface area contributed by atoms with E-state index in [4.69, 9.17) is 9.05 Å². The molecule has 0 atom stereocenters. The zero-order chi connectivity index (χ0) is 8.32. The van der Waals surface area contributed by atoms with E-state index in [0.717, 1.165) is 12.8 Å². The highest BCUT2D eigenvalue weighted by molar-refractivity contribution is 7.33. The van der Waals surface area contributed by atoms with Gasteiger partial charge in [-0.1, -0.05) is 13.8 Å². The van der Waals surface area contributed by atoms with Gasteiger partial charge in [0, 0.05) is 9.98 Å². The maximum atomic E-state index is 10.7. The zero-order valence-electron chi connectivity index (χ0n) is 7.00. The Labute approximate surface area is 68.0 Å². The molecule has 11 heavy (non-hydrogen) atoms. The van der Waals surface area contributed by atoms with Crippen LogP contribution in [0.4, 0.5) is 0 Å². The molecule has 0 spiro atoms. The summed E-state index contributed by atoms with van der Waals surface area (Å²) in [6.45, 7) is 5.37. The molecule has 0 aliphatic carbocycles. The van der Waals surface area contributed by atoms with Gasteiger partial charge in [0.15, 0.2) is 0 Å². The molecule has 1 aliphatic rings. The van der Waals surface area contributed by atoms with Gasteiger partial charge in [-0.15, -0.1) is 9.05 Å². The Bertz CT molecular complexity index is 142. The van der Waals surface area contributed by atoms with Crippen molar-refractivity contribution in [1.82, 2.24) is 0 Å². The van der Waals surface area contributed by atoms with Crippen LogP contribution in [0.2, 0.25) is 0 Å². The lowest BCUT2D eigenvalue weighted by molar-refractivity contribution is 0.0220. The summed E-state index contributed by atoms with van der Waals surface area (Å²) in [5.41, 5.74) is 0.114. The molecule has 1 aliphatic heterocycles. The van der Waals surface area contributed by atoms with Crippen LogP contribution in [0.3, 0.4) is 0 Å². The second-order valence-electron chi connectivity index (χ2n) is 2.98. The Morgan fingerprint density at radius 1 is 1.27 bits per heavy atom. The molecule has 0 aromatic carbocycles. The molecule has 1 fully saturated rings. The van der Waals surface area contributed by atoms with Gasteiger partial charge in [0.2, 0.25) is 0 Å². The summed E-state index contributed by atoms with van der Waals surface area (Å²) < 4.78 is 20.6. The molecule has 0 amide bonds. The molecule has 0 bridgehead atoms. The highest BCUT2D eigenvalue weighted by Crippen LogP contribution is 2.40. The zero-order valence-corrected chi connectivity index (χ0v) is 7.89. The molecular weight excluding hydrogens is 163 g/mol. The summed E-state index contributed by atoms with van der Waals surface area (Å²) >= 11 is 0. The Kier molecular flexibility index (Phi) is 2.99. The third-order valence-electron chi connectivity index (χ3n) is 2.45. The standard InChI is InChI=1S/C7H14O3P/c1-3-7(4-2)5-9-11(8)10-6-7/h3-6H2,1-2H3/q+1. The highest BCUT2D eigenvalue weighted by Gasteiger charge is 2.41. The van der Waals surface area contributed by atoms with E-state index in [-0.39, 0.29) is 5.41 Å². The number of rotatable bonds is 2. The van der Waals surface area contributed by atoms with E-state index in [0.29, 0.717) is 13.2 Å². The van der Waals surface area contributed by atoms with Crippen LogP contribution in [-0.4, -0.2) is 13.2 Å². The SMILES string of the molecule is CCC1(CC)CO[P+](=O)OC1. The average molecular weight is 177 g/mol. The molecule has 4 heteroatoms. The van der Waals surface area contributed by atoms with Crippen LogP contribution in [0.1, 0.15) is 26.7 Å². The van der Waals surface area contributed by atoms with Gasteiger partial charge >= 0.3 is 8.25 Å². The van der Waals surface area contributed by atoms with Crippen LogP contribution in [-0.2, 0) is 13.6 Å². The highest BCUT2D eigenvalue weighted by atomic mass is 31.1. The van der Waals surface area contributed by atoms with Gasteiger partial charge in [0.25, 0.3) is 0 Å². The first-order chi connectivity index (χ1) is 5.22. The van der Waals surface area contributed by atoms with Crippen molar-refractivity contribution in [1.29, 1.82) is 0 Å². The molecule has 0 N–H and O–H groups in total. The van der Waals surface area contributed by atoms with Crippen LogP contribution in [0.25, 0.3) is 0 Å². The van der Waals surface area contributed by atoms with Crippen molar-refractivity contribution in [3.8, 4) is 0 Å². The maximum absolute atomic E-state index is 10.7. The fourth-order valence-corrected chi connectivity index (χ4v) is 1.95. The Morgan fingerprint density at radius 3 is 2.09 bits per heavy atom. The first-order valence-corrected chi connectivity index (χ1v) is 5.05. The van der Waals surface area contributed by atoms with Crippen LogP contribution in [0.15, 0.2) is 0 Å².